The predicted octanol–water partition coefficient (Wildman–Crippen LogP) is 5.25. The minimum Gasteiger partial charge on any atom is -0.0966 e. The molecule has 16 heavy (non-hydrogen) atoms. The zero-order valence-electron chi connectivity index (χ0n) is 11.6. The molecule has 0 amide bonds. The summed E-state index contributed by atoms with van der Waals surface area (Å²) in [6.07, 6.45) is 9.28. The molecule has 1 heteroatoms. The Labute approximate surface area is 103 Å². The summed E-state index contributed by atoms with van der Waals surface area (Å²) in [4.78, 5) is 0. The van der Waals surface area contributed by atoms with Crippen LogP contribution in [0.2, 0.25) is 0 Å². The topological polar surface area (TPSA) is 0 Å². The van der Waals surface area contributed by atoms with Gasteiger partial charge in [0.25, 0.3) is 0 Å². The first kappa shape index (κ1) is 12.9. The molecule has 0 bridgehead atoms. The second kappa shape index (κ2) is 5.38. The molecule has 1 heterocycles. The molecule has 0 spiro atoms. The molecule has 1 saturated carbocycles. The third-order valence-electron chi connectivity index (χ3n) is 4.81. The first-order chi connectivity index (χ1) is 7.61. The molecule has 0 aromatic heterocycles. The molecule has 1 aliphatic carbocycles. The van der Waals surface area contributed by atoms with Crippen molar-refractivity contribution < 1.29 is 0 Å². The largest absolute Gasteiger partial charge is 0.0966 e. The Morgan fingerprint density at radius 1 is 0.750 bits per heavy atom. The molecule has 2 aliphatic rings. The van der Waals surface area contributed by atoms with Crippen LogP contribution in [-0.4, -0.2) is 17.0 Å². The summed E-state index contributed by atoms with van der Waals surface area (Å²) >= 11 is 0. The first-order valence-electron chi connectivity index (χ1n) is 7.38. The van der Waals surface area contributed by atoms with Crippen LogP contribution in [0.4, 0.5) is 0 Å². The van der Waals surface area contributed by atoms with Crippen molar-refractivity contribution in [2.45, 2.75) is 83.2 Å². The molecule has 0 aromatic carbocycles. The molecule has 94 valence electrons. The quantitative estimate of drug-likeness (QED) is 0.591. The van der Waals surface area contributed by atoms with Gasteiger partial charge in [-0.1, -0.05) is 48.5 Å². The molecule has 2 rings (SSSR count). The maximum atomic E-state index is 2.47. The highest BCUT2D eigenvalue weighted by molar-refractivity contribution is 7.60. The van der Waals surface area contributed by atoms with Crippen molar-refractivity contribution in [2.75, 3.05) is 0 Å². The van der Waals surface area contributed by atoms with E-state index in [9.17, 15) is 0 Å². The standard InChI is InChI=1S/C15H29P/c1-11(2)14-9-10-15(12(3)4)16(14)13-7-5-6-8-13/h11-15H,5-10H2,1-4H3/t14-,15-/m0/s1. The van der Waals surface area contributed by atoms with Crippen LogP contribution in [-0.2, 0) is 0 Å². The van der Waals surface area contributed by atoms with E-state index < -0.39 is 0 Å². The van der Waals surface area contributed by atoms with Gasteiger partial charge in [0.2, 0.25) is 0 Å². The summed E-state index contributed by atoms with van der Waals surface area (Å²) < 4.78 is 0. The Kier molecular flexibility index (Phi) is 4.33. The van der Waals surface area contributed by atoms with Gasteiger partial charge < -0.3 is 0 Å². The summed E-state index contributed by atoms with van der Waals surface area (Å²) in [5.41, 5.74) is 3.35. The lowest BCUT2D eigenvalue weighted by molar-refractivity contribution is 0.543. The molecule has 2 atom stereocenters. The second-order valence-electron chi connectivity index (χ2n) is 6.59. The fraction of sp³-hybridized carbons (Fsp3) is 1.00. The summed E-state index contributed by atoms with van der Waals surface area (Å²) in [5, 5.41) is 0. The van der Waals surface area contributed by atoms with Gasteiger partial charge in [-0.2, -0.15) is 0 Å². The summed E-state index contributed by atoms with van der Waals surface area (Å²) in [5.74, 6) is 1.88. The Balaban J connectivity index is 2.11. The second-order valence-corrected chi connectivity index (χ2v) is 9.54. The van der Waals surface area contributed by atoms with Crippen molar-refractivity contribution in [1.82, 2.24) is 0 Å². The number of rotatable bonds is 3. The van der Waals surface area contributed by atoms with E-state index in [1.54, 1.807) is 25.7 Å². The number of hydrogen-bond acceptors (Lipinski definition) is 0. The summed E-state index contributed by atoms with van der Waals surface area (Å²) in [6, 6.07) is 0. The monoisotopic (exact) mass is 240 g/mol. The van der Waals surface area contributed by atoms with Crippen molar-refractivity contribution in [3.63, 3.8) is 0 Å². The number of hydrogen-bond donors (Lipinski definition) is 0. The molecule has 2 fully saturated rings. The molecule has 1 aliphatic heterocycles. The Hall–Kier alpha value is 0.430. The smallest absolute Gasteiger partial charge is 0.0181 e. The summed E-state index contributed by atoms with van der Waals surface area (Å²) in [7, 11) is 0.348. The first-order valence-corrected chi connectivity index (χ1v) is 8.93. The van der Waals surface area contributed by atoms with Gasteiger partial charge in [0.15, 0.2) is 0 Å². The van der Waals surface area contributed by atoms with Gasteiger partial charge >= 0.3 is 0 Å². The lowest BCUT2D eigenvalue weighted by Gasteiger charge is -2.35. The Bertz CT molecular complexity index is 199. The van der Waals surface area contributed by atoms with Gasteiger partial charge in [-0.15, -0.1) is 0 Å². The zero-order valence-corrected chi connectivity index (χ0v) is 12.5. The molecule has 0 nitrogen and oxygen atoms in total. The average Bonchev–Trinajstić information content (AvgIpc) is 2.85. The van der Waals surface area contributed by atoms with Crippen LogP contribution in [0.5, 0.6) is 0 Å². The molecule has 0 aromatic rings. The minimum atomic E-state index is 0.348. The van der Waals surface area contributed by atoms with E-state index in [1.807, 2.05) is 0 Å². The van der Waals surface area contributed by atoms with Crippen molar-refractivity contribution in [3.05, 3.63) is 0 Å². The van der Waals surface area contributed by atoms with Crippen molar-refractivity contribution in [2.24, 2.45) is 11.8 Å². The Morgan fingerprint density at radius 2 is 1.19 bits per heavy atom. The lowest BCUT2D eigenvalue weighted by Crippen LogP contribution is -2.20. The van der Waals surface area contributed by atoms with Crippen LogP contribution in [0.25, 0.3) is 0 Å². The van der Waals surface area contributed by atoms with Crippen LogP contribution in [0.3, 0.4) is 0 Å². The van der Waals surface area contributed by atoms with Crippen LogP contribution in [0.15, 0.2) is 0 Å². The summed E-state index contributed by atoms with van der Waals surface area (Å²) in [6.45, 7) is 9.88. The molecule has 0 unspecified atom stereocenters. The molecule has 0 N–H and O–H groups in total. The van der Waals surface area contributed by atoms with E-state index in [-0.39, 0.29) is 0 Å². The van der Waals surface area contributed by atoms with Crippen LogP contribution in [0.1, 0.15) is 66.2 Å². The van der Waals surface area contributed by atoms with Crippen LogP contribution < -0.4 is 0 Å². The molecular weight excluding hydrogens is 211 g/mol. The van der Waals surface area contributed by atoms with Gasteiger partial charge in [-0.3, -0.25) is 0 Å². The average molecular weight is 240 g/mol. The van der Waals surface area contributed by atoms with Crippen LogP contribution in [0, 0.1) is 11.8 Å². The third kappa shape index (κ3) is 2.47. The van der Waals surface area contributed by atoms with Gasteiger partial charge in [0.05, 0.1) is 0 Å². The maximum Gasteiger partial charge on any atom is -0.0181 e. The fourth-order valence-corrected chi connectivity index (χ4v) is 8.79. The lowest BCUT2D eigenvalue weighted by atomic mass is 10.0. The SMILES string of the molecule is CC(C)[C@@H]1CC[C@@H](C(C)C)P1C1CCCC1. The van der Waals surface area contributed by atoms with Gasteiger partial charge in [0, 0.05) is 0 Å². The van der Waals surface area contributed by atoms with Crippen molar-refractivity contribution in [3.8, 4) is 0 Å². The highest BCUT2D eigenvalue weighted by Gasteiger charge is 2.42. The highest BCUT2D eigenvalue weighted by atomic mass is 31.1. The van der Waals surface area contributed by atoms with E-state index in [0.29, 0.717) is 7.92 Å². The molecule has 0 radical (unpaired) electrons. The zero-order chi connectivity index (χ0) is 11.7. The molecular formula is C15H29P. The normalized spacial score (nSPS) is 33.4. The van der Waals surface area contributed by atoms with Crippen molar-refractivity contribution >= 4 is 7.92 Å². The van der Waals surface area contributed by atoms with Gasteiger partial charge in [-0.05, 0) is 54.5 Å². The van der Waals surface area contributed by atoms with Gasteiger partial charge in [-0.25, -0.2) is 0 Å². The van der Waals surface area contributed by atoms with E-state index >= 15 is 0 Å². The highest BCUT2D eigenvalue weighted by Crippen LogP contribution is 2.65. The van der Waals surface area contributed by atoms with E-state index in [0.717, 1.165) is 28.8 Å². The molecule has 1 saturated heterocycles. The fourth-order valence-electron chi connectivity index (χ4n) is 3.98. The van der Waals surface area contributed by atoms with Gasteiger partial charge in [0.1, 0.15) is 0 Å². The Morgan fingerprint density at radius 3 is 1.56 bits per heavy atom. The van der Waals surface area contributed by atoms with E-state index in [4.69, 9.17) is 0 Å². The van der Waals surface area contributed by atoms with Crippen molar-refractivity contribution in [1.29, 1.82) is 0 Å². The van der Waals surface area contributed by atoms with Crippen LogP contribution >= 0.6 is 7.92 Å². The minimum absolute atomic E-state index is 0.348. The predicted molar refractivity (Wildman–Crippen MR) is 75.7 cm³/mol. The van der Waals surface area contributed by atoms with E-state index in [1.165, 1.54) is 12.8 Å². The third-order valence-corrected chi connectivity index (χ3v) is 9.41. The van der Waals surface area contributed by atoms with E-state index in [2.05, 4.69) is 27.7 Å². The maximum absolute atomic E-state index is 2.47.